The molecule has 112 valence electrons. The van der Waals surface area contributed by atoms with Crippen molar-refractivity contribution < 1.29 is 9.90 Å². The van der Waals surface area contributed by atoms with E-state index in [2.05, 4.69) is 40.9 Å². The van der Waals surface area contributed by atoms with Crippen molar-refractivity contribution in [3.05, 3.63) is 12.2 Å². The Hall–Kier alpha value is -0.400. The van der Waals surface area contributed by atoms with Gasteiger partial charge in [-0.15, -0.1) is 0 Å². The van der Waals surface area contributed by atoms with Crippen LogP contribution in [-0.2, 0) is 4.79 Å². The molecule has 0 aliphatic carbocycles. The fourth-order valence-corrected chi connectivity index (χ4v) is 3.12. The maximum atomic E-state index is 11.1. The Balaban J connectivity index is 4.60. The molecule has 0 amide bonds. The summed E-state index contributed by atoms with van der Waals surface area (Å²) in [5, 5.41) is 9.14. The van der Waals surface area contributed by atoms with Gasteiger partial charge in [-0.3, -0.25) is 9.46 Å². The maximum absolute atomic E-state index is 11.1. The van der Waals surface area contributed by atoms with E-state index in [4.69, 9.17) is 5.11 Å². The highest BCUT2D eigenvalue weighted by atomic mass is 31.0. The summed E-state index contributed by atoms with van der Waals surface area (Å²) in [6.07, 6.45) is 7.77. The number of carboxylic acids is 1. The van der Waals surface area contributed by atoms with E-state index in [9.17, 15) is 4.79 Å². The lowest BCUT2D eigenvalue weighted by Gasteiger charge is -2.30. The number of hydrogen-bond donors (Lipinski definition) is 1. The van der Waals surface area contributed by atoms with Crippen molar-refractivity contribution >= 4 is 15.4 Å². The van der Waals surface area contributed by atoms with Crippen molar-refractivity contribution in [1.29, 1.82) is 0 Å². The van der Waals surface area contributed by atoms with E-state index in [-0.39, 0.29) is 5.92 Å². The molecular formula is C15H30NO2P. The Morgan fingerprint density at radius 3 is 2.32 bits per heavy atom. The van der Waals surface area contributed by atoms with Crippen molar-refractivity contribution in [3.63, 3.8) is 0 Å². The monoisotopic (exact) mass is 287 g/mol. The molecule has 0 heterocycles. The Morgan fingerprint density at radius 1 is 1.26 bits per heavy atom. The van der Waals surface area contributed by atoms with E-state index in [1.807, 2.05) is 13.0 Å². The van der Waals surface area contributed by atoms with E-state index in [1.54, 1.807) is 0 Å². The fourth-order valence-electron chi connectivity index (χ4n) is 2.38. The molecule has 0 saturated carbocycles. The van der Waals surface area contributed by atoms with E-state index < -0.39 is 5.97 Å². The highest BCUT2D eigenvalue weighted by Crippen LogP contribution is 2.21. The van der Waals surface area contributed by atoms with E-state index in [1.165, 1.54) is 0 Å². The molecule has 0 bridgehead atoms. The molecule has 3 nitrogen and oxygen atoms in total. The van der Waals surface area contributed by atoms with Crippen LogP contribution >= 0.6 is 9.39 Å². The smallest absolute Gasteiger partial charge is 0.310 e. The lowest BCUT2D eigenvalue weighted by atomic mass is 9.95. The zero-order chi connectivity index (χ0) is 14.8. The van der Waals surface area contributed by atoms with Gasteiger partial charge in [0.2, 0.25) is 0 Å². The Bertz CT molecular complexity index is 281. The minimum absolute atomic E-state index is 0.339. The van der Waals surface area contributed by atoms with Crippen LogP contribution in [0.15, 0.2) is 12.2 Å². The Labute approximate surface area is 120 Å². The first-order valence-electron chi connectivity index (χ1n) is 7.40. The zero-order valence-corrected chi connectivity index (χ0v) is 14.0. The first kappa shape index (κ1) is 18.6. The minimum atomic E-state index is -0.713. The van der Waals surface area contributed by atoms with Crippen LogP contribution in [0.4, 0.5) is 0 Å². The van der Waals surface area contributed by atoms with Gasteiger partial charge in [0.05, 0.1) is 5.92 Å². The van der Waals surface area contributed by atoms with Crippen molar-refractivity contribution in [3.8, 4) is 0 Å². The zero-order valence-electron chi connectivity index (χ0n) is 12.8. The molecule has 0 aliphatic rings. The van der Waals surface area contributed by atoms with Crippen LogP contribution < -0.4 is 0 Å². The summed E-state index contributed by atoms with van der Waals surface area (Å²) < 4.78 is 2.30. The van der Waals surface area contributed by atoms with Gasteiger partial charge in [-0.2, -0.15) is 0 Å². The van der Waals surface area contributed by atoms with Gasteiger partial charge >= 0.3 is 5.97 Å². The van der Waals surface area contributed by atoms with Crippen LogP contribution in [0.25, 0.3) is 0 Å². The quantitative estimate of drug-likeness (QED) is 0.488. The van der Waals surface area contributed by atoms with Gasteiger partial charge in [0.15, 0.2) is 0 Å². The summed E-state index contributed by atoms with van der Waals surface area (Å²) in [7, 11) is 2.80. The van der Waals surface area contributed by atoms with Gasteiger partial charge < -0.3 is 5.11 Å². The molecule has 3 unspecified atom stereocenters. The molecule has 19 heavy (non-hydrogen) atoms. The van der Waals surface area contributed by atoms with Gasteiger partial charge in [0.1, 0.15) is 0 Å². The Kier molecular flexibility index (Phi) is 10.2. The number of hydrogen-bond acceptors (Lipinski definition) is 2. The van der Waals surface area contributed by atoms with Gasteiger partial charge in [-0.25, -0.2) is 0 Å². The van der Waals surface area contributed by atoms with E-state index in [0.717, 1.165) is 32.2 Å². The van der Waals surface area contributed by atoms with Crippen LogP contribution in [-0.4, -0.2) is 28.3 Å². The third-order valence-corrected chi connectivity index (χ3v) is 4.14. The van der Waals surface area contributed by atoms with Crippen molar-refractivity contribution in [1.82, 2.24) is 4.67 Å². The molecule has 0 saturated heterocycles. The fraction of sp³-hybridized carbons (Fsp3) is 0.800. The molecular weight excluding hydrogens is 257 g/mol. The van der Waals surface area contributed by atoms with Gasteiger partial charge in [-0.1, -0.05) is 55.7 Å². The predicted octanol–water partition coefficient (Wildman–Crippen LogP) is 3.96. The topological polar surface area (TPSA) is 40.5 Å². The second-order valence-corrected chi connectivity index (χ2v) is 5.85. The lowest BCUT2D eigenvalue weighted by molar-refractivity contribution is -0.140. The van der Waals surface area contributed by atoms with E-state index in [0.29, 0.717) is 12.0 Å². The third-order valence-electron chi connectivity index (χ3n) is 3.50. The minimum Gasteiger partial charge on any atom is -0.481 e. The van der Waals surface area contributed by atoms with Gasteiger partial charge in [0, 0.05) is 12.6 Å². The molecule has 0 aromatic carbocycles. The van der Waals surface area contributed by atoms with Crippen molar-refractivity contribution in [2.75, 3.05) is 6.54 Å². The molecule has 0 aromatic rings. The second-order valence-electron chi connectivity index (χ2n) is 5.19. The summed E-state index contributed by atoms with van der Waals surface area (Å²) in [5.74, 6) is -0.684. The molecule has 0 aromatic heterocycles. The van der Waals surface area contributed by atoms with Crippen LogP contribution in [0.5, 0.6) is 0 Å². The number of nitrogens with zero attached hydrogens (tertiary/aromatic N) is 1. The molecule has 0 aliphatic heterocycles. The average Bonchev–Trinajstić information content (AvgIpc) is 2.35. The molecule has 0 rings (SSSR count). The summed E-state index contributed by atoms with van der Waals surface area (Å²) in [6, 6.07) is 0.456. The van der Waals surface area contributed by atoms with Crippen molar-refractivity contribution in [2.45, 2.75) is 59.4 Å². The molecule has 0 spiro atoms. The maximum Gasteiger partial charge on any atom is 0.310 e. The average molecular weight is 287 g/mol. The number of carbonyl (C=O) groups is 1. The largest absolute Gasteiger partial charge is 0.481 e. The summed E-state index contributed by atoms with van der Waals surface area (Å²) in [5.41, 5.74) is 0. The van der Waals surface area contributed by atoms with Gasteiger partial charge in [0.25, 0.3) is 0 Å². The van der Waals surface area contributed by atoms with Crippen LogP contribution in [0.3, 0.4) is 0 Å². The summed E-state index contributed by atoms with van der Waals surface area (Å²) in [6.45, 7) is 9.60. The molecule has 4 atom stereocenters. The predicted molar refractivity (Wildman–Crippen MR) is 85.1 cm³/mol. The number of rotatable bonds is 10. The van der Waals surface area contributed by atoms with Crippen molar-refractivity contribution in [2.24, 2.45) is 11.8 Å². The third kappa shape index (κ3) is 7.08. The molecule has 4 heteroatoms. The highest BCUT2D eigenvalue weighted by molar-refractivity contribution is 7.13. The van der Waals surface area contributed by atoms with Crippen LogP contribution in [0, 0.1) is 11.8 Å². The van der Waals surface area contributed by atoms with Crippen LogP contribution in [0.2, 0.25) is 0 Å². The SMILES string of the molecule is CCCC(/C=C\C(C)[C@H](CC)N(P)CCC)C(=O)O. The normalized spacial score (nSPS) is 16.7. The summed E-state index contributed by atoms with van der Waals surface area (Å²) >= 11 is 0. The molecule has 1 N–H and O–H groups in total. The first-order chi connectivity index (χ1) is 8.97. The van der Waals surface area contributed by atoms with Crippen LogP contribution in [0.1, 0.15) is 53.4 Å². The number of carboxylic acid groups (broad SMARTS) is 1. The van der Waals surface area contributed by atoms with Gasteiger partial charge in [-0.05, 0) is 25.2 Å². The number of aliphatic carboxylic acids is 1. The first-order valence-corrected chi connectivity index (χ1v) is 7.91. The standard InChI is InChI=1S/C15H30NO2P/c1-5-8-13(15(17)18)10-9-12(4)14(7-3)16(19)11-6-2/h9-10,12-14H,5-8,11,19H2,1-4H3,(H,17,18)/b10-9-/t12?,13?,14-/m0/s1. The second kappa shape index (κ2) is 10.4. The molecule has 0 fully saturated rings. The summed E-state index contributed by atoms with van der Waals surface area (Å²) in [4.78, 5) is 11.1. The van der Waals surface area contributed by atoms with E-state index >= 15 is 0 Å². The lowest BCUT2D eigenvalue weighted by Crippen LogP contribution is -2.32. The highest BCUT2D eigenvalue weighted by Gasteiger charge is 2.19. The molecule has 0 radical (unpaired) electrons. The Morgan fingerprint density at radius 2 is 1.89 bits per heavy atom.